The van der Waals surface area contributed by atoms with Gasteiger partial charge in [-0.1, -0.05) is 24.3 Å². The van der Waals surface area contributed by atoms with Gasteiger partial charge in [0.15, 0.2) is 11.5 Å². The maximum atomic E-state index is 6.44. The fourth-order valence-corrected chi connectivity index (χ4v) is 4.38. The predicted octanol–water partition coefficient (Wildman–Crippen LogP) is 6.11. The first-order valence-electron chi connectivity index (χ1n) is 9.74. The number of benzene rings is 3. The van der Waals surface area contributed by atoms with Crippen molar-refractivity contribution in [2.24, 2.45) is 0 Å². The lowest BCUT2D eigenvalue weighted by Gasteiger charge is -2.31. The van der Waals surface area contributed by atoms with Crippen LogP contribution in [0.15, 0.2) is 54.6 Å². The van der Waals surface area contributed by atoms with E-state index in [9.17, 15) is 0 Å². The number of ether oxygens (including phenoxy) is 1. The molecule has 28 heavy (non-hydrogen) atoms. The summed E-state index contributed by atoms with van der Waals surface area (Å²) < 4.78 is 6.44. The minimum Gasteiger partial charge on any atom is -0.451 e. The molecule has 0 spiro atoms. The van der Waals surface area contributed by atoms with E-state index in [1.807, 2.05) is 18.2 Å². The number of rotatable bonds is 1. The number of hydrogen-bond acceptors (Lipinski definition) is 4. The van der Waals surface area contributed by atoms with Crippen LogP contribution in [-0.2, 0) is 0 Å². The third kappa shape index (κ3) is 2.24. The van der Waals surface area contributed by atoms with Crippen LogP contribution in [-0.4, -0.2) is 20.3 Å². The van der Waals surface area contributed by atoms with Gasteiger partial charge < -0.3 is 19.4 Å². The summed E-state index contributed by atoms with van der Waals surface area (Å²) in [4.78, 5) is 6.95. The quantitative estimate of drug-likeness (QED) is 0.513. The molecule has 4 nitrogen and oxygen atoms in total. The van der Waals surface area contributed by atoms with E-state index in [0.717, 1.165) is 28.6 Å². The third-order valence-electron chi connectivity index (χ3n) is 6.06. The molecule has 0 saturated carbocycles. The van der Waals surface area contributed by atoms with Gasteiger partial charge in [0.1, 0.15) is 11.9 Å². The van der Waals surface area contributed by atoms with Gasteiger partial charge in [-0.15, -0.1) is 0 Å². The fourth-order valence-electron chi connectivity index (χ4n) is 4.38. The molecule has 3 aromatic carbocycles. The summed E-state index contributed by atoms with van der Waals surface area (Å²) in [5.41, 5.74) is 8.33. The summed E-state index contributed by atoms with van der Waals surface area (Å²) in [6.07, 6.45) is 0.202. The summed E-state index contributed by atoms with van der Waals surface area (Å²) in [5, 5.41) is 0. The van der Waals surface area contributed by atoms with Gasteiger partial charge in [0, 0.05) is 19.8 Å². The van der Waals surface area contributed by atoms with Crippen molar-refractivity contribution >= 4 is 28.4 Å². The highest BCUT2D eigenvalue weighted by atomic mass is 16.5. The van der Waals surface area contributed by atoms with Crippen LogP contribution in [0.5, 0.6) is 11.5 Å². The Kier molecular flexibility index (Phi) is 3.60. The van der Waals surface area contributed by atoms with Gasteiger partial charge in [-0.25, -0.2) is 0 Å². The van der Waals surface area contributed by atoms with E-state index in [4.69, 9.17) is 4.74 Å². The third-order valence-corrected chi connectivity index (χ3v) is 6.06. The minimum absolute atomic E-state index is 0.202. The zero-order valence-electron chi connectivity index (χ0n) is 17.0. The number of nitrogens with zero attached hydrogens (tertiary/aromatic N) is 3. The first-order chi connectivity index (χ1) is 13.5. The molecule has 142 valence electrons. The topological polar surface area (TPSA) is 19.0 Å². The molecule has 5 rings (SSSR count). The molecule has 0 aliphatic carbocycles. The van der Waals surface area contributed by atoms with E-state index in [1.165, 1.54) is 22.5 Å². The molecule has 0 amide bonds. The van der Waals surface area contributed by atoms with Crippen LogP contribution in [0.1, 0.15) is 18.1 Å². The minimum atomic E-state index is 0.202. The maximum Gasteiger partial charge on any atom is 0.176 e. The Bertz CT molecular complexity index is 1090. The zero-order chi connectivity index (χ0) is 19.6. The van der Waals surface area contributed by atoms with Crippen molar-refractivity contribution in [3.8, 4) is 11.5 Å². The van der Waals surface area contributed by atoms with Crippen molar-refractivity contribution in [3.05, 3.63) is 65.7 Å². The molecule has 3 aromatic rings. The molecule has 0 radical (unpaired) electrons. The normalized spacial score (nSPS) is 17.2. The molecule has 0 aromatic heterocycles. The highest BCUT2D eigenvalue weighted by Crippen LogP contribution is 2.57. The molecule has 0 unspecified atom stereocenters. The van der Waals surface area contributed by atoms with Gasteiger partial charge >= 0.3 is 0 Å². The SMILES string of the molecule is Cc1ccc(C)c(N2c3ccc4c(c3N(C)[C@@H]2C)Oc2ccccc2N4C)c1. The Morgan fingerprint density at radius 2 is 1.57 bits per heavy atom. The van der Waals surface area contributed by atoms with Crippen LogP contribution in [0.3, 0.4) is 0 Å². The van der Waals surface area contributed by atoms with Gasteiger partial charge in [0.2, 0.25) is 0 Å². The Hall–Kier alpha value is -3.14. The van der Waals surface area contributed by atoms with Crippen molar-refractivity contribution in [2.45, 2.75) is 26.9 Å². The van der Waals surface area contributed by atoms with Crippen molar-refractivity contribution in [2.75, 3.05) is 28.8 Å². The predicted molar refractivity (Wildman–Crippen MR) is 117 cm³/mol. The molecule has 4 heteroatoms. The van der Waals surface area contributed by atoms with Crippen LogP contribution in [0.25, 0.3) is 0 Å². The molecule has 0 saturated heterocycles. The van der Waals surface area contributed by atoms with E-state index in [0.29, 0.717) is 0 Å². The van der Waals surface area contributed by atoms with Gasteiger partial charge in [0.25, 0.3) is 0 Å². The van der Waals surface area contributed by atoms with E-state index in [-0.39, 0.29) is 6.17 Å². The molecular weight excluding hydrogens is 346 g/mol. The van der Waals surface area contributed by atoms with Gasteiger partial charge in [-0.2, -0.15) is 0 Å². The van der Waals surface area contributed by atoms with E-state index in [2.05, 4.69) is 86.0 Å². The lowest BCUT2D eigenvalue weighted by molar-refractivity contribution is 0.475. The molecule has 0 fully saturated rings. The number of aryl methyl sites for hydroxylation is 2. The summed E-state index contributed by atoms with van der Waals surface area (Å²) in [6.45, 7) is 6.57. The largest absolute Gasteiger partial charge is 0.451 e. The first-order valence-corrected chi connectivity index (χ1v) is 9.74. The molecule has 2 heterocycles. The number of anilines is 5. The van der Waals surface area contributed by atoms with E-state index >= 15 is 0 Å². The number of fused-ring (bicyclic) bond motifs is 4. The van der Waals surface area contributed by atoms with Crippen molar-refractivity contribution in [3.63, 3.8) is 0 Å². The summed E-state index contributed by atoms with van der Waals surface area (Å²) in [5.74, 6) is 1.83. The number of hydrogen-bond donors (Lipinski definition) is 0. The monoisotopic (exact) mass is 371 g/mol. The highest BCUT2D eigenvalue weighted by molar-refractivity contribution is 5.95. The van der Waals surface area contributed by atoms with Crippen LogP contribution < -0.4 is 19.4 Å². The Morgan fingerprint density at radius 3 is 2.39 bits per heavy atom. The number of para-hydroxylation sites is 2. The molecule has 2 aliphatic heterocycles. The molecule has 1 atom stereocenters. The Labute approximate surface area is 166 Å². The Balaban J connectivity index is 1.70. The van der Waals surface area contributed by atoms with Crippen molar-refractivity contribution < 1.29 is 4.74 Å². The second-order valence-corrected chi connectivity index (χ2v) is 7.81. The van der Waals surface area contributed by atoms with Crippen molar-refractivity contribution in [1.82, 2.24) is 0 Å². The summed E-state index contributed by atoms with van der Waals surface area (Å²) in [6, 6.07) is 19.3. The van der Waals surface area contributed by atoms with Gasteiger partial charge in [-0.3, -0.25) is 0 Å². The van der Waals surface area contributed by atoms with E-state index < -0.39 is 0 Å². The lowest BCUT2D eigenvalue weighted by Crippen LogP contribution is -2.36. The van der Waals surface area contributed by atoms with E-state index in [1.54, 1.807) is 0 Å². The highest BCUT2D eigenvalue weighted by Gasteiger charge is 2.38. The molecule has 0 bridgehead atoms. The first kappa shape index (κ1) is 17.0. The van der Waals surface area contributed by atoms with Crippen LogP contribution >= 0.6 is 0 Å². The van der Waals surface area contributed by atoms with Gasteiger partial charge in [0.05, 0.1) is 17.1 Å². The maximum absolute atomic E-state index is 6.44. The fraction of sp³-hybridized carbons (Fsp3) is 0.250. The Morgan fingerprint density at radius 1 is 0.821 bits per heavy atom. The summed E-state index contributed by atoms with van der Waals surface area (Å²) in [7, 11) is 4.26. The zero-order valence-corrected chi connectivity index (χ0v) is 17.0. The average Bonchev–Trinajstić information content (AvgIpc) is 2.95. The van der Waals surface area contributed by atoms with Gasteiger partial charge in [-0.05, 0) is 62.2 Å². The lowest BCUT2D eigenvalue weighted by atomic mass is 10.1. The molecular formula is C24H25N3O. The van der Waals surface area contributed by atoms with Crippen LogP contribution in [0, 0.1) is 13.8 Å². The van der Waals surface area contributed by atoms with Crippen molar-refractivity contribution in [1.29, 1.82) is 0 Å². The molecule has 2 aliphatic rings. The average molecular weight is 371 g/mol. The standard InChI is InChI=1S/C24H25N3O/c1-15-10-11-16(2)21(14-15)27-17(3)25(4)23-19(27)12-13-20-24(23)28-22-9-7-6-8-18(22)26(20)5/h6-14,17H,1-5H3/t17-/m0/s1. The second kappa shape index (κ2) is 5.93. The van der Waals surface area contributed by atoms with Crippen LogP contribution in [0.4, 0.5) is 28.4 Å². The summed E-state index contributed by atoms with van der Waals surface area (Å²) >= 11 is 0. The molecule has 0 N–H and O–H groups in total. The van der Waals surface area contributed by atoms with Crippen LogP contribution in [0.2, 0.25) is 0 Å². The smallest absolute Gasteiger partial charge is 0.176 e. The second-order valence-electron chi connectivity index (χ2n) is 7.81.